The van der Waals surface area contributed by atoms with Crippen molar-refractivity contribution in [2.45, 2.75) is 13.0 Å². The van der Waals surface area contributed by atoms with Gasteiger partial charge in [-0.3, -0.25) is 9.59 Å². The summed E-state index contributed by atoms with van der Waals surface area (Å²) in [5.41, 5.74) is 6.95. The van der Waals surface area contributed by atoms with Crippen LogP contribution in [0.4, 0.5) is 22.7 Å². The second-order valence-corrected chi connectivity index (χ2v) is 10.7. The molecular formula is C34H35N5O3. The Balaban J connectivity index is 1.36. The molecule has 4 aromatic carbocycles. The molecule has 1 atom stereocenters. The quantitative estimate of drug-likeness (QED) is 0.206. The number of carbonyl (C=O) groups excluding carboxylic acids is 2. The number of anilines is 4. The predicted molar refractivity (Wildman–Crippen MR) is 171 cm³/mol. The average molecular weight is 562 g/mol. The number of nitrogens with one attached hydrogen (secondary N) is 2. The molecule has 214 valence electrons. The van der Waals surface area contributed by atoms with E-state index in [9.17, 15) is 14.7 Å². The minimum atomic E-state index is -0.727. The first-order chi connectivity index (χ1) is 20.1. The molecule has 2 amide bonds. The first-order valence-electron chi connectivity index (χ1n) is 13.7. The number of hydrogen-bond donors (Lipinski definition) is 3. The molecule has 5 aromatic rings. The molecule has 5 rings (SSSR count). The van der Waals surface area contributed by atoms with Gasteiger partial charge in [0, 0.05) is 73.1 Å². The van der Waals surface area contributed by atoms with Gasteiger partial charge in [0.2, 0.25) is 0 Å². The molecule has 1 unspecified atom stereocenters. The van der Waals surface area contributed by atoms with Gasteiger partial charge in [0.25, 0.3) is 11.8 Å². The van der Waals surface area contributed by atoms with Crippen LogP contribution in [0.15, 0.2) is 97.1 Å². The maximum Gasteiger partial charge on any atom is 0.255 e. The molecule has 8 heteroatoms. The molecule has 0 saturated heterocycles. The highest BCUT2D eigenvalue weighted by Gasteiger charge is 2.16. The number of benzene rings is 4. The fraction of sp³-hybridized carbons (Fsp3) is 0.176. The van der Waals surface area contributed by atoms with Crippen molar-refractivity contribution in [3.05, 3.63) is 114 Å². The molecule has 3 N–H and O–H groups in total. The number of hydrogen-bond acceptors (Lipinski definition) is 5. The Bertz CT molecular complexity index is 1720. The van der Waals surface area contributed by atoms with Gasteiger partial charge in [-0.15, -0.1) is 0 Å². The van der Waals surface area contributed by atoms with Crippen LogP contribution in [0.2, 0.25) is 0 Å². The van der Waals surface area contributed by atoms with Gasteiger partial charge in [0.05, 0.1) is 17.3 Å². The molecule has 0 radical (unpaired) electrons. The molecule has 0 fully saturated rings. The zero-order valence-electron chi connectivity index (χ0n) is 24.4. The Labute approximate surface area is 245 Å². The Morgan fingerprint density at radius 1 is 0.667 bits per heavy atom. The number of nitrogens with zero attached hydrogens (tertiary/aromatic N) is 3. The van der Waals surface area contributed by atoms with Crippen LogP contribution >= 0.6 is 0 Å². The van der Waals surface area contributed by atoms with Crippen molar-refractivity contribution in [3.8, 4) is 5.69 Å². The standard InChI is InChI=1S/C34H35N5O3/c1-22(40)32-21-25-20-27(36-34(42)24-8-15-29(16-9-24)38(4)5)12-19-31(25)39(32)30-17-10-26(11-18-30)35-33(41)23-6-13-28(14-7-23)37(2)3/h6-22,40H,1-5H3,(H,35,41)(H,36,42). The molecule has 0 saturated carbocycles. The number of fused-ring (bicyclic) bond motifs is 1. The minimum Gasteiger partial charge on any atom is -0.387 e. The highest BCUT2D eigenvalue weighted by Crippen LogP contribution is 2.31. The van der Waals surface area contributed by atoms with Crippen LogP contribution in [-0.2, 0) is 0 Å². The SMILES string of the molecule is CC(O)c1cc2cc(NC(=O)c3ccc(N(C)C)cc3)ccc2n1-c1ccc(NC(=O)c2ccc(N(C)C)cc2)cc1. The molecule has 0 aliphatic rings. The normalized spacial score (nSPS) is 11.7. The largest absolute Gasteiger partial charge is 0.387 e. The number of aliphatic hydroxyl groups is 1. The second kappa shape index (κ2) is 11.8. The van der Waals surface area contributed by atoms with Gasteiger partial charge in [-0.1, -0.05) is 0 Å². The van der Waals surface area contributed by atoms with Gasteiger partial charge < -0.3 is 30.1 Å². The van der Waals surface area contributed by atoms with E-state index >= 15 is 0 Å². The van der Waals surface area contributed by atoms with E-state index in [4.69, 9.17) is 0 Å². The average Bonchev–Trinajstić information content (AvgIpc) is 3.37. The Morgan fingerprint density at radius 3 is 1.62 bits per heavy atom. The van der Waals surface area contributed by atoms with Crippen molar-refractivity contribution in [1.29, 1.82) is 0 Å². The van der Waals surface area contributed by atoms with E-state index in [2.05, 4.69) is 10.6 Å². The van der Waals surface area contributed by atoms with E-state index in [1.54, 1.807) is 31.2 Å². The van der Waals surface area contributed by atoms with Crippen molar-refractivity contribution < 1.29 is 14.7 Å². The smallest absolute Gasteiger partial charge is 0.255 e. The fourth-order valence-corrected chi connectivity index (χ4v) is 4.83. The van der Waals surface area contributed by atoms with E-state index in [-0.39, 0.29) is 11.8 Å². The molecule has 0 spiro atoms. The van der Waals surface area contributed by atoms with Gasteiger partial charge in [0.15, 0.2) is 0 Å². The summed E-state index contributed by atoms with van der Waals surface area (Å²) in [6.07, 6.45) is -0.727. The van der Waals surface area contributed by atoms with E-state index < -0.39 is 6.10 Å². The Hall–Kier alpha value is -5.08. The van der Waals surface area contributed by atoms with Gasteiger partial charge >= 0.3 is 0 Å². The first-order valence-corrected chi connectivity index (χ1v) is 13.7. The van der Waals surface area contributed by atoms with E-state index in [0.29, 0.717) is 28.2 Å². The number of aromatic nitrogens is 1. The van der Waals surface area contributed by atoms with Crippen LogP contribution in [-0.4, -0.2) is 49.7 Å². The van der Waals surface area contributed by atoms with Crippen LogP contribution in [0.3, 0.4) is 0 Å². The third-order valence-corrected chi connectivity index (χ3v) is 7.19. The summed E-state index contributed by atoms with van der Waals surface area (Å²) in [5.74, 6) is -0.381. The van der Waals surface area contributed by atoms with Crippen molar-refractivity contribution in [2.75, 3.05) is 48.6 Å². The van der Waals surface area contributed by atoms with Crippen molar-refractivity contribution in [1.82, 2.24) is 4.57 Å². The summed E-state index contributed by atoms with van der Waals surface area (Å²) in [5, 5.41) is 17.4. The lowest BCUT2D eigenvalue weighted by Gasteiger charge is -2.15. The second-order valence-electron chi connectivity index (χ2n) is 10.7. The summed E-state index contributed by atoms with van der Waals surface area (Å²) in [4.78, 5) is 29.6. The summed E-state index contributed by atoms with van der Waals surface area (Å²) >= 11 is 0. The maximum atomic E-state index is 12.9. The monoisotopic (exact) mass is 561 g/mol. The number of carbonyl (C=O) groups is 2. The molecule has 8 nitrogen and oxygen atoms in total. The molecule has 42 heavy (non-hydrogen) atoms. The third-order valence-electron chi connectivity index (χ3n) is 7.19. The lowest BCUT2D eigenvalue weighted by atomic mass is 10.1. The van der Waals surface area contributed by atoms with Crippen LogP contribution in [0, 0.1) is 0 Å². The zero-order valence-corrected chi connectivity index (χ0v) is 24.4. The lowest BCUT2D eigenvalue weighted by molar-refractivity contribution is 0.101. The minimum absolute atomic E-state index is 0.188. The molecule has 0 bridgehead atoms. The third kappa shape index (κ3) is 5.99. The van der Waals surface area contributed by atoms with Gasteiger partial charge in [-0.25, -0.2) is 0 Å². The molecule has 0 aliphatic heterocycles. The molecule has 1 aromatic heterocycles. The van der Waals surface area contributed by atoms with Crippen molar-refractivity contribution >= 4 is 45.5 Å². The molecule has 1 heterocycles. The van der Waals surface area contributed by atoms with E-state index in [1.807, 2.05) is 115 Å². The summed E-state index contributed by atoms with van der Waals surface area (Å²) in [7, 11) is 7.82. The zero-order chi connectivity index (χ0) is 30.0. The summed E-state index contributed by atoms with van der Waals surface area (Å²) < 4.78 is 1.98. The van der Waals surface area contributed by atoms with Gasteiger partial charge in [0.1, 0.15) is 0 Å². The number of amides is 2. The Morgan fingerprint density at radius 2 is 1.14 bits per heavy atom. The maximum absolute atomic E-state index is 12.9. The Kier molecular flexibility index (Phi) is 7.99. The predicted octanol–water partition coefficient (Wildman–Crippen LogP) is 6.32. The van der Waals surface area contributed by atoms with Crippen LogP contribution in [0.5, 0.6) is 0 Å². The van der Waals surface area contributed by atoms with Crippen molar-refractivity contribution in [2.24, 2.45) is 0 Å². The van der Waals surface area contributed by atoms with E-state index in [0.717, 1.165) is 28.0 Å². The first kappa shape index (κ1) is 28.4. The molecule has 0 aliphatic carbocycles. The number of rotatable bonds is 8. The fourth-order valence-electron chi connectivity index (χ4n) is 4.83. The van der Waals surface area contributed by atoms with Crippen molar-refractivity contribution in [3.63, 3.8) is 0 Å². The highest BCUT2D eigenvalue weighted by molar-refractivity contribution is 6.06. The highest BCUT2D eigenvalue weighted by atomic mass is 16.3. The topological polar surface area (TPSA) is 89.8 Å². The molecular weight excluding hydrogens is 526 g/mol. The number of aliphatic hydroxyl groups excluding tert-OH is 1. The summed E-state index contributed by atoms with van der Waals surface area (Å²) in [6, 6.07) is 30.0. The van der Waals surface area contributed by atoms with Crippen LogP contribution < -0.4 is 20.4 Å². The van der Waals surface area contributed by atoms with Crippen LogP contribution in [0.1, 0.15) is 39.4 Å². The van der Waals surface area contributed by atoms with Gasteiger partial charge in [-0.05, 0) is 104 Å². The summed E-state index contributed by atoms with van der Waals surface area (Å²) in [6.45, 7) is 1.72. The van der Waals surface area contributed by atoms with E-state index in [1.165, 1.54) is 0 Å². The van der Waals surface area contributed by atoms with Gasteiger partial charge in [-0.2, -0.15) is 0 Å². The van der Waals surface area contributed by atoms with Crippen LogP contribution in [0.25, 0.3) is 16.6 Å². The lowest BCUT2D eigenvalue weighted by Crippen LogP contribution is -2.13.